The molecular formula is C38H44FN5O5. The number of piperazine rings is 1. The average molecular weight is 670 g/mol. The van der Waals surface area contributed by atoms with E-state index in [1.54, 1.807) is 35.5 Å². The van der Waals surface area contributed by atoms with Crippen molar-refractivity contribution in [1.29, 1.82) is 0 Å². The number of nitrogens with one attached hydrogen (secondary N) is 1. The predicted molar refractivity (Wildman–Crippen MR) is 187 cm³/mol. The third-order valence-corrected chi connectivity index (χ3v) is 9.76. The smallest absolute Gasteiger partial charge is 0.415 e. The number of amides is 2. The van der Waals surface area contributed by atoms with Gasteiger partial charge in [0.2, 0.25) is 11.7 Å². The van der Waals surface area contributed by atoms with Crippen LogP contribution in [0.4, 0.5) is 9.18 Å². The van der Waals surface area contributed by atoms with Crippen LogP contribution in [-0.2, 0) is 11.3 Å². The number of methoxy groups -OCH3 is 2. The number of benzene rings is 2. The monoisotopic (exact) mass is 669 g/mol. The van der Waals surface area contributed by atoms with Gasteiger partial charge in [0, 0.05) is 51.2 Å². The van der Waals surface area contributed by atoms with Crippen LogP contribution in [-0.4, -0.2) is 98.3 Å². The van der Waals surface area contributed by atoms with Gasteiger partial charge in [0.1, 0.15) is 5.82 Å². The summed E-state index contributed by atoms with van der Waals surface area (Å²) in [5, 5.41) is 2.94. The van der Waals surface area contributed by atoms with Gasteiger partial charge >= 0.3 is 6.09 Å². The number of carbonyl (C=O) groups is 2. The van der Waals surface area contributed by atoms with Gasteiger partial charge in [-0.1, -0.05) is 12.1 Å². The molecule has 3 heterocycles. The molecule has 0 radical (unpaired) electrons. The van der Waals surface area contributed by atoms with Crippen LogP contribution in [0, 0.1) is 5.82 Å². The highest BCUT2D eigenvalue weighted by Crippen LogP contribution is 2.45. The first kappa shape index (κ1) is 34.1. The van der Waals surface area contributed by atoms with Crippen LogP contribution in [0.2, 0.25) is 0 Å². The fraction of sp³-hybridized carbons (Fsp3) is 0.395. The van der Waals surface area contributed by atoms with Crippen molar-refractivity contribution in [2.24, 2.45) is 0 Å². The molecule has 2 aliphatic heterocycles. The van der Waals surface area contributed by atoms with Crippen molar-refractivity contribution >= 4 is 29.2 Å². The summed E-state index contributed by atoms with van der Waals surface area (Å²) in [5.41, 5.74) is 5.59. The molecule has 6 rings (SSSR count). The van der Waals surface area contributed by atoms with Crippen LogP contribution in [0.25, 0.3) is 17.2 Å². The molecule has 2 amide bonds. The van der Waals surface area contributed by atoms with Gasteiger partial charge in [-0.05, 0) is 115 Å². The van der Waals surface area contributed by atoms with E-state index in [0.29, 0.717) is 42.7 Å². The van der Waals surface area contributed by atoms with Gasteiger partial charge in [-0.15, -0.1) is 0 Å². The molecule has 49 heavy (non-hydrogen) atoms. The second-order valence-corrected chi connectivity index (χ2v) is 12.8. The van der Waals surface area contributed by atoms with E-state index in [9.17, 15) is 14.0 Å². The first-order chi connectivity index (χ1) is 23.7. The molecule has 2 aromatic carbocycles. The average Bonchev–Trinajstić information content (AvgIpc) is 3.36. The van der Waals surface area contributed by atoms with E-state index in [2.05, 4.69) is 27.1 Å². The lowest BCUT2D eigenvalue weighted by atomic mass is 10.00. The third kappa shape index (κ3) is 7.79. The molecule has 0 unspecified atom stereocenters. The standard InChI is InChI=1S/C38H44FN5O5/c1-25-31(30-8-7-28(39)21-33(30)32(25)22-36(45)41-24-26-6-5-11-40-23-26)18-27-19-34(47-3)37(35(20-27)48-4)49-38(46)44-16-14-43(15-17-44)29-9-12-42(2)13-10-29/h5-8,11,18-21,23,29H,9-10,12-17,22,24H2,1-4H3,(H,41,45)/b31-18-. The van der Waals surface area contributed by atoms with E-state index >= 15 is 0 Å². The van der Waals surface area contributed by atoms with Gasteiger partial charge in [0.25, 0.3) is 0 Å². The summed E-state index contributed by atoms with van der Waals surface area (Å²) < 4.78 is 31.8. The Hall–Kier alpha value is -4.74. The number of nitrogens with zero attached hydrogens (tertiary/aromatic N) is 4. The van der Waals surface area contributed by atoms with Crippen molar-refractivity contribution in [3.63, 3.8) is 0 Å². The summed E-state index contributed by atoms with van der Waals surface area (Å²) in [6, 6.07) is 12.5. The summed E-state index contributed by atoms with van der Waals surface area (Å²) in [7, 11) is 5.20. The maximum atomic E-state index is 14.5. The number of likely N-dealkylation sites (tertiary alicyclic amines) is 1. The number of hydrogen-bond acceptors (Lipinski definition) is 8. The lowest BCUT2D eigenvalue weighted by molar-refractivity contribution is -0.120. The fourth-order valence-corrected chi connectivity index (χ4v) is 6.94. The summed E-state index contributed by atoms with van der Waals surface area (Å²) in [6.07, 6.45) is 7.29. The number of pyridine rings is 1. The molecule has 3 aromatic rings. The van der Waals surface area contributed by atoms with Gasteiger partial charge in [-0.3, -0.25) is 14.7 Å². The highest BCUT2D eigenvalue weighted by atomic mass is 19.1. The molecule has 1 N–H and O–H groups in total. The Morgan fingerprint density at radius 2 is 1.69 bits per heavy atom. The first-order valence-corrected chi connectivity index (χ1v) is 16.8. The lowest BCUT2D eigenvalue weighted by Crippen LogP contribution is -2.54. The highest BCUT2D eigenvalue weighted by molar-refractivity contribution is 6.08. The summed E-state index contributed by atoms with van der Waals surface area (Å²) in [5.74, 6) is 0.352. The van der Waals surface area contributed by atoms with Gasteiger partial charge in [0.05, 0.1) is 20.6 Å². The van der Waals surface area contributed by atoms with Gasteiger partial charge in [0.15, 0.2) is 11.5 Å². The van der Waals surface area contributed by atoms with Crippen LogP contribution in [0.3, 0.4) is 0 Å². The Kier molecular flexibility index (Phi) is 10.6. The van der Waals surface area contributed by atoms with Crippen molar-refractivity contribution in [3.8, 4) is 17.2 Å². The molecule has 11 heteroatoms. The van der Waals surface area contributed by atoms with Gasteiger partial charge in [-0.2, -0.15) is 0 Å². The Bertz CT molecular complexity index is 1720. The topological polar surface area (TPSA) is 96.5 Å². The fourth-order valence-electron chi connectivity index (χ4n) is 6.94. The van der Waals surface area contributed by atoms with Crippen LogP contribution < -0.4 is 19.5 Å². The molecule has 0 atom stereocenters. The molecule has 0 bridgehead atoms. The molecule has 258 valence electrons. The number of rotatable bonds is 9. The Labute approximate surface area is 287 Å². The molecular weight excluding hydrogens is 625 g/mol. The van der Waals surface area contributed by atoms with E-state index in [4.69, 9.17) is 14.2 Å². The maximum Gasteiger partial charge on any atom is 0.415 e. The third-order valence-electron chi connectivity index (χ3n) is 9.76. The van der Waals surface area contributed by atoms with Crippen molar-refractivity contribution in [2.45, 2.75) is 38.8 Å². The Morgan fingerprint density at radius 1 is 0.980 bits per heavy atom. The van der Waals surface area contributed by atoms with Crippen molar-refractivity contribution in [2.75, 3.05) is 60.5 Å². The molecule has 2 saturated heterocycles. The normalized spacial score (nSPS) is 18.1. The van der Waals surface area contributed by atoms with E-state index < -0.39 is 6.09 Å². The second-order valence-electron chi connectivity index (χ2n) is 12.8. The number of piperidine rings is 1. The van der Waals surface area contributed by atoms with Crippen molar-refractivity contribution in [1.82, 2.24) is 25.0 Å². The van der Waals surface area contributed by atoms with E-state index in [-0.39, 0.29) is 23.9 Å². The quantitative estimate of drug-likeness (QED) is 0.320. The predicted octanol–water partition coefficient (Wildman–Crippen LogP) is 5.48. The summed E-state index contributed by atoms with van der Waals surface area (Å²) in [4.78, 5) is 37.0. The zero-order chi connectivity index (χ0) is 34.5. The minimum atomic E-state index is -0.442. The molecule has 0 spiro atoms. The number of ether oxygens (including phenoxy) is 3. The lowest BCUT2D eigenvalue weighted by Gasteiger charge is -2.41. The first-order valence-electron chi connectivity index (χ1n) is 16.8. The minimum Gasteiger partial charge on any atom is -0.493 e. The largest absolute Gasteiger partial charge is 0.493 e. The van der Waals surface area contributed by atoms with Gasteiger partial charge in [-0.25, -0.2) is 9.18 Å². The molecule has 3 aliphatic rings. The number of allylic oxidation sites excluding steroid dienone is 2. The van der Waals surface area contributed by atoms with Crippen molar-refractivity contribution < 1.29 is 28.2 Å². The zero-order valence-corrected chi connectivity index (χ0v) is 28.6. The van der Waals surface area contributed by atoms with E-state index in [1.807, 2.05) is 25.1 Å². The van der Waals surface area contributed by atoms with Gasteiger partial charge < -0.3 is 29.3 Å². The number of hydrogen-bond donors (Lipinski definition) is 1. The molecule has 1 aromatic heterocycles. The summed E-state index contributed by atoms with van der Waals surface area (Å²) in [6.45, 7) is 7.31. The Balaban J connectivity index is 1.19. The number of carbonyl (C=O) groups excluding carboxylic acids is 2. The highest BCUT2D eigenvalue weighted by Gasteiger charge is 2.30. The second kappa shape index (κ2) is 15.2. The number of halogens is 1. The molecule has 1 aliphatic carbocycles. The van der Waals surface area contributed by atoms with Crippen LogP contribution in [0.15, 0.2) is 60.4 Å². The van der Waals surface area contributed by atoms with Crippen LogP contribution >= 0.6 is 0 Å². The van der Waals surface area contributed by atoms with Crippen molar-refractivity contribution in [3.05, 3.63) is 88.5 Å². The van der Waals surface area contributed by atoms with Crippen LogP contribution in [0.5, 0.6) is 17.2 Å². The molecule has 2 fully saturated rings. The number of aromatic nitrogens is 1. The number of fused-ring (bicyclic) bond motifs is 1. The molecule has 10 nitrogen and oxygen atoms in total. The molecule has 0 saturated carbocycles. The maximum absolute atomic E-state index is 14.5. The van der Waals surface area contributed by atoms with E-state index in [1.165, 1.54) is 26.4 Å². The van der Waals surface area contributed by atoms with E-state index in [0.717, 1.165) is 72.4 Å². The SMILES string of the molecule is COc1cc(/C=C2/C(C)=C(CC(=O)NCc3cccnc3)c3cc(F)ccc32)cc(OC)c1OC(=O)N1CCN(C2CCN(C)CC2)CC1. The summed E-state index contributed by atoms with van der Waals surface area (Å²) >= 11 is 0. The zero-order valence-electron chi connectivity index (χ0n) is 28.6. The minimum absolute atomic E-state index is 0.0910. The Morgan fingerprint density at radius 3 is 2.35 bits per heavy atom. The van der Waals surface area contributed by atoms with Crippen LogP contribution in [0.1, 0.15) is 48.4 Å².